The second-order valence-electron chi connectivity index (χ2n) is 8.01. The number of benzene rings is 2. The number of pyridine rings is 1. The van der Waals surface area contributed by atoms with Gasteiger partial charge >= 0.3 is 5.97 Å². The molecule has 1 fully saturated rings. The van der Waals surface area contributed by atoms with Crippen molar-refractivity contribution in [3.8, 4) is 0 Å². The molecule has 3 heterocycles. The molecule has 158 valence electrons. The van der Waals surface area contributed by atoms with Crippen molar-refractivity contribution in [2.75, 3.05) is 31.1 Å². The number of carboxylic acids is 1. The zero-order valence-corrected chi connectivity index (χ0v) is 17.2. The predicted octanol–water partition coefficient (Wildman–Crippen LogP) is 4.11. The lowest BCUT2D eigenvalue weighted by atomic mass is 10.0. The van der Waals surface area contributed by atoms with E-state index in [2.05, 4.69) is 28.9 Å². The number of nitrogens with one attached hydrogen (secondary N) is 1. The van der Waals surface area contributed by atoms with E-state index in [0.29, 0.717) is 37.3 Å². The Labute approximate surface area is 178 Å². The molecule has 0 saturated carbocycles. The Morgan fingerprint density at radius 1 is 1.10 bits per heavy atom. The number of fused-ring (bicyclic) bond motifs is 2. The number of anilines is 1. The van der Waals surface area contributed by atoms with E-state index in [-0.39, 0.29) is 5.82 Å². The van der Waals surface area contributed by atoms with Crippen molar-refractivity contribution in [3.63, 3.8) is 0 Å². The zero-order chi connectivity index (χ0) is 21.5. The van der Waals surface area contributed by atoms with Crippen molar-refractivity contribution in [2.24, 2.45) is 0 Å². The summed E-state index contributed by atoms with van der Waals surface area (Å²) in [5.41, 5.74) is 3.41. The first-order valence-electron chi connectivity index (χ1n) is 10.4. The molecule has 0 unspecified atom stereocenters. The van der Waals surface area contributed by atoms with E-state index < -0.39 is 12.0 Å². The number of nitrogens with zero attached hydrogens (tertiary/aromatic N) is 3. The number of para-hydroxylation sites is 1. The molecule has 0 radical (unpaired) electrons. The van der Waals surface area contributed by atoms with Gasteiger partial charge in [0, 0.05) is 54.2 Å². The topological polar surface area (TPSA) is 72.5 Å². The molecule has 7 heteroatoms. The number of carboxylic acid groups (broad SMARTS) is 1. The Morgan fingerprint density at radius 3 is 2.65 bits per heavy atom. The van der Waals surface area contributed by atoms with Gasteiger partial charge < -0.3 is 15.0 Å². The number of aromatic nitrogens is 2. The second kappa shape index (κ2) is 7.67. The molecule has 2 aromatic heterocycles. The van der Waals surface area contributed by atoms with Gasteiger partial charge in [-0.15, -0.1) is 0 Å². The fourth-order valence-electron chi connectivity index (χ4n) is 4.54. The highest BCUT2D eigenvalue weighted by molar-refractivity contribution is 5.89. The summed E-state index contributed by atoms with van der Waals surface area (Å²) in [4.78, 5) is 24.2. The number of halogens is 1. The minimum absolute atomic E-state index is 0.348. The SMILES string of the molecule is Cc1cc(N2CCN([C@H](C(=O)O)c3c[nH]c4cc(F)ccc34)CC2)nc2ccccc12. The maximum atomic E-state index is 13.5. The van der Waals surface area contributed by atoms with E-state index in [1.807, 2.05) is 23.1 Å². The summed E-state index contributed by atoms with van der Waals surface area (Å²) < 4.78 is 13.5. The summed E-state index contributed by atoms with van der Waals surface area (Å²) in [5.74, 6) is -0.330. The quantitative estimate of drug-likeness (QED) is 0.522. The molecular weight excluding hydrogens is 395 g/mol. The van der Waals surface area contributed by atoms with Crippen molar-refractivity contribution < 1.29 is 14.3 Å². The van der Waals surface area contributed by atoms with Crippen LogP contribution in [0.4, 0.5) is 10.2 Å². The van der Waals surface area contributed by atoms with Crippen LogP contribution in [-0.2, 0) is 4.79 Å². The van der Waals surface area contributed by atoms with Crippen LogP contribution in [0.5, 0.6) is 0 Å². The van der Waals surface area contributed by atoms with Gasteiger partial charge in [-0.2, -0.15) is 0 Å². The number of H-pyrrole nitrogens is 1. The predicted molar refractivity (Wildman–Crippen MR) is 119 cm³/mol. The molecule has 2 N–H and O–H groups in total. The monoisotopic (exact) mass is 418 g/mol. The maximum absolute atomic E-state index is 13.5. The average molecular weight is 418 g/mol. The largest absolute Gasteiger partial charge is 0.480 e. The van der Waals surface area contributed by atoms with Gasteiger partial charge in [-0.25, -0.2) is 9.37 Å². The molecule has 2 aromatic carbocycles. The maximum Gasteiger partial charge on any atom is 0.325 e. The molecule has 4 aromatic rings. The van der Waals surface area contributed by atoms with E-state index in [9.17, 15) is 14.3 Å². The van der Waals surface area contributed by atoms with Crippen molar-refractivity contribution >= 4 is 33.6 Å². The van der Waals surface area contributed by atoms with Gasteiger partial charge in [-0.3, -0.25) is 9.69 Å². The molecule has 1 saturated heterocycles. The number of hydrogen-bond donors (Lipinski definition) is 2. The molecule has 0 bridgehead atoms. The summed E-state index contributed by atoms with van der Waals surface area (Å²) in [5, 5.41) is 11.9. The molecule has 1 aliphatic heterocycles. The first kappa shape index (κ1) is 19.5. The van der Waals surface area contributed by atoms with E-state index in [1.54, 1.807) is 12.3 Å². The second-order valence-corrected chi connectivity index (χ2v) is 8.01. The highest BCUT2D eigenvalue weighted by Crippen LogP contribution is 2.31. The van der Waals surface area contributed by atoms with Crippen LogP contribution in [0.3, 0.4) is 0 Å². The third-order valence-corrected chi connectivity index (χ3v) is 6.12. The highest BCUT2D eigenvalue weighted by Gasteiger charge is 2.32. The van der Waals surface area contributed by atoms with Crippen LogP contribution in [-0.4, -0.2) is 52.1 Å². The lowest BCUT2D eigenvalue weighted by Crippen LogP contribution is -2.49. The van der Waals surface area contributed by atoms with Gasteiger partial charge in [0.25, 0.3) is 0 Å². The first-order valence-corrected chi connectivity index (χ1v) is 10.4. The van der Waals surface area contributed by atoms with Crippen LogP contribution < -0.4 is 4.90 Å². The molecule has 0 spiro atoms. The Balaban J connectivity index is 1.39. The minimum Gasteiger partial charge on any atom is -0.480 e. The molecule has 0 amide bonds. The molecule has 1 aliphatic rings. The molecule has 6 nitrogen and oxygen atoms in total. The number of rotatable bonds is 4. The van der Waals surface area contributed by atoms with Crippen molar-refractivity contribution in [1.29, 1.82) is 0 Å². The van der Waals surface area contributed by atoms with Crippen LogP contribution in [0.15, 0.2) is 54.7 Å². The third-order valence-electron chi connectivity index (χ3n) is 6.12. The summed E-state index contributed by atoms with van der Waals surface area (Å²) >= 11 is 0. The van der Waals surface area contributed by atoms with E-state index in [4.69, 9.17) is 4.98 Å². The van der Waals surface area contributed by atoms with Crippen LogP contribution >= 0.6 is 0 Å². The van der Waals surface area contributed by atoms with Crippen LogP contribution in [0.2, 0.25) is 0 Å². The molecule has 31 heavy (non-hydrogen) atoms. The van der Waals surface area contributed by atoms with E-state index in [1.165, 1.54) is 17.7 Å². The van der Waals surface area contributed by atoms with Crippen LogP contribution in [0, 0.1) is 12.7 Å². The fourth-order valence-corrected chi connectivity index (χ4v) is 4.54. The third kappa shape index (κ3) is 3.51. The number of carbonyl (C=O) groups is 1. The summed E-state index contributed by atoms with van der Waals surface area (Å²) in [6.07, 6.45) is 1.68. The van der Waals surface area contributed by atoms with Gasteiger partial charge in [0.05, 0.1) is 5.52 Å². The summed E-state index contributed by atoms with van der Waals surface area (Å²) in [7, 11) is 0. The lowest BCUT2D eigenvalue weighted by molar-refractivity contribution is -0.143. The minimum atomic E-state index is -0.904. The highest BCUT2D eigenvalue weighted by atomic mass is 19.1. The number of hydrogen-bond acceptors (Lipinski definition) is 4. The summed E-state index contributed by atoms with van der Waals surface area (Å²) in [6, 6.07) is 13.8. The van der Waals surface area contributed by atoms with Gasteiger partial charge in [0.15, 0.2) is 0 Å². The molecule has 1 atom stereocenters. The van der Waals surface area contributed by atoms with Gasteiger partial charge in [-0.1, -0.05) is 18.2 Å². The number of aryl methyl sites for hydroxylation is 1. The van der Waals surface area contributed by atoms with Crippen molar-refractivity contribution in [2.45, 2.75) is 13.0 Å². The Morgan fingerprint density at radius 2 is 1.87 bits per heavy atom. The van der Waals surface area contributed by atoms with Gasteiger partial charge in [0.1, 0.15) is 17.7 Å². The molecular formula is C24H23FN4O2. The van der Waals surface area contributed by atoms with Crippen molar-refractivity contribution in [3.05, 3.63) is 71.7 Å². The lowest BCUT2D eigenvalue weighted by Gasteiger charge is -2.38. The van der Waals surface area contributed by atoms with Gasteiger partial charge in [-0.05, 0) is 42.8 Å². The smallest absolute Gasteiger partial charge is 0.325 e. The average Bonchev–Trinajstić information content (AvgIpc) is 3.16. The zero-order valence-electron chi connectivity index (χ0n) is 17.2. The van der Waals surface area contributed by atoms with Crippen LogP contribution in [0.1, 0.15) is 17.2 Å². The van der Waals surface area contributed by atoms with Crippen molar-refractivity contribution in [1.82, 2.24) is 14.9 Å². The number of piperazine rings is 1. The number of aromatic amines is 1. The Hall–Kier alpha value is -3.45. The standard InChI is InChI=1S/C24H23FN4O2/c1-15-12-22(27-20-5-3-2-4-17(15)20)28-8-10-29(11-9-28)23(24(30)31)19-14-26-21-13-16(25)6-7-18(19)21/h2-7,12-14,23,26H,8-11H2,1H3,(H,30,31)/t23-/m0/s1. The van der Waals surface area contributed by atoms with E-state index >= 15 is 0 Å². The molecule has 5 rings (SSSR count). The van der Waals surface area contributed by atoms with E-state index in [0.717, 1.165) is 22.1 Å². The van der Waals surface area contributed by atoms with Crippen LogP contribution in [0.25, 0.3) is 21.8 Å². The Kier molecular flexibility index (Phi) is 4.82. The summed E-state index contributed by atoms with van der Waals surface area (Å²) in [6.45, 7) is 4.65. The number of aliphatic carboxylic acids is 1. The molecule has 0 aliphatic carbocycles. The first-order chi connectivity index (χ1) is 15.0. The Bertz CT molecular complexity index is 1280. The fraction of sp³-hybridized carbons (Fsp3) is 0.250. The van der Waals surface area contributed by atoms with Gasteiger partial charge in [0.2, 0.25) is 0 Å². The normalized spacial score (nSPS) is 16.1.